The van der Waals surface area contributed by atoms with Gasteiger partial charge in [0.2, 0.25) is 0 Å². The van der Waals surface area contributed by atoms with E-state index >= 15 is 0 Å². The van der Waals surface area contributed by atoms with Gasteiger partial charge in [0.15, 0.2) is 0 Å². The summed E-state index contributed by atoms with van der Waals surface area (Å²) >= 11 is 0. The molecule has 1 aliphatic heterocycles. The van der Waals surface area contributed by atoms with Crippen LogP contribution in [0, 0.1) is 0 Å². The molecular weight excluding hydrogens is 298 g/mol. The molecule has 0 bridgehead atoms. The molecular formula is C20H29N3O. The third kappa shape index (κ3) is 3.26. The Bertz CT molecular complexity index is 707. The lowest BCUT2D eigenvalue weighted by Crippen LogP contribution is -2.25. The quantitative estimate of drug-likeness (QED) is 0.776. The Hall–Kier alpha value is -1.65. The van der Waals surface area contributed by atoms with Crippen LogP contribution in [0.3, 0.4) is 0 Å². The maximum Gasteiger partial charge on any atom is 0.105 e. The fourth-order valence-corrected chi connectivity index (χ4v) is 3.47. The first-order valence-corrected chi connectivity index (χ1v) is 9.09. The minimum absolute atomic E-state index is 0.309. The van der Waals surface area contributed by atoms with Crippen LogP contribution in [-0.2, 0) is 16.9 Å². The lowest BCUT2D eigenvalue weighted by Gasteiger charge is -2.20. The Kier molecular flexibility index (Phi) is 5.07. The van der Waals surface area contributed by atoms with Crippen LogP contribution in [0.15, 0.2) is 24.3 Å². The summed E-state index contributed by atoms with van der Waals surface area (Å²) in [7, 11) is 0. The molecule has 2 heterocycles. The second kappa shape index (κ2) is 7.08. The van der Waals surface area contributed by atoms with Gasteiger partial charge in [0.25, 0.3) is 0 Å². The van der Waals surface area contributed by atoms with Crippen molar-refractivity contribution in [3.63, 3.8) is 0 Å². The van der Waals surface area contributed by atoms with E-state index in [1.807, 2.05) is 0 Å². The zero-order chi connectivity index (χ0) is 17.2. The maximum absolute atomic E-state index is 5.99. The second-order valence-corrected chi connectivity index (χ2v) is 6.94. The van der Waals surface area contributed by atoms with Gasteiger partial charge in [-0.25, -0.2) is 4.98 Å². The van der Waals surface area contributed by atoms with Crippen molar-refractivity contribution in [1.29, 1.82) is 0 Å². The summed E-state index contributed by atoms with van der Waals surface area (Å²) in [6.45, 7) is 13.6. The van der Waals surface area contributed by atoms with E-state index < -0.39 is 0 Å². The van der Waals surface area contributed by atoms with Crippen molar-refractivity contribution in [1.82, 2.24) is 9.88 Å². The number of aromatic nitrogens is 1. The molecule has 4 heteroatoms. The zero-order valence-electron chi connectivity index (χ0n) is 15.4. The molecule has 0 unspecified atom stereocenters. The van der Waals surface area contributed by atoms with Gasteiger partial charge in [0.05, 0.1) is 23.5 Å². The predicted octanol–water partition coefficient (Wildman–Crippen LogP) is 4.14. The molecule has 0 fully saturated rings. The molecule has 1 aliphatic rings. The molecule has 0 saturated carbocycles. The lowest BCUT2D eigenvalue weighted by atomic mass is 9.99. The smallest absolute Gasteiger partial charge is 0.105 e. The number of pyridine rings is 1. The summed E-state index contributed by atoms with van der Waals surface area (Å²) in [6, 6.07) is 8.37. The van der Waals surface area contributed by atoms with E-state index in [1.54, 1.807) is 0 Å². The summed E-state index contributed by atoms with van der Waals surface area (Å²) in [4.78, 5) is 7.34. The largest absolute Gasteiger partial charge is 0.384 e. The van der Waals surface area contributed by atoms with E-state index in [2.05, 4.69) is 62.2 Å². The van der Waals surface area contributed by atoms with Crippen molar-refractivity contribution in [2.24, 2.45) is 0 Å². The Labute approximate surface area is 145 Å². The molecule has 0 radical (unpaired) electrons. The third-order valence-corrected chi connectivity index (χ3v) is 4.99. The molecule has 0 aliphatic carbocycles. The number of benzene rings is 1. The van der Waals surface area contributed by atoms with E-state index in [-0.39, 0.29) is 5.60 Å². The van der Waals surface area contributed by atoms with Crippen molar-refractivity contribution < 1.29 is 4.74 Å². The van der Waals surface area contributed by atoms with Crippen LogP contribution in [0.4, 0.5) is 5.69 Å². The first kappa shape index (κ1) is 17.2. The average molecular weight is 327 g/mol. The Balaban J connectivity index is 1.84. The van der Waals surface area contributed by atoms with Crippen LogP contribution in [0.25, 0.3) is 10.9 Å². The monoisotopic (exact) mass is 327 g/mol. The highest BCUT2D eigenvalue weighted by molar-refractivity contribution is 5.93. The van der Waals surface area contributed by atoms with Gasteiger partial charge in [0, 0.05) is 17.5 Å². The molecule has 3 rings (SSSR count). The molecule has 24 heavy (non-hydrogen) atoms. The van der Waals surface area contributed by atoms with Gasteiger partial charge in [-0.2, -0.15) is 0 Å². The van der Waals surface area contributed by atoms with Crippen molar-refractivity contribution in [2.45, 2.75) is 46.3 Å². The molecule has 0 amide bonds. The number of anilines is 1. The van der Waals surface area contributed by atoms with Gasteiger partial charge in [-0.1, -0.05) is 32.0 Å². The van der Waals surface area contributed by atoms with Crippen LogP contribution in [0.2, 0.25) is 0 Å². The molecule has 0 spiro atoms. The SMILES string of the molecule is CCN(CC)CCCNc1c2c(nc3ccccc13)C(C)(C)OC2. The highest BCUT2D eigenvalue weighted by atomic mass is 16.5. The minimum Gasteiger partial charge on any atom is -0.384 e. The van der Waals surface area contributed by atoms with Crippen LogP contribution in [0.5, 0.6) is 0 Å². The summed E-state index contributed by atoms with van der Waals surface area (Å²) in [5.41, 5.74) is 4.24. The van der Waals surface area contributed by atoms with E-state index in [0.29, 0.717) is 6.61 Å². The molecule has 2 aromatic rings. The highest BCUT2D eigenvalue weighted by Gasteiger charge is 2.35. The van der Waals surface area contributed by atoms with E-state index in [1.165, 1.54) is 16.6 Å². The minimum atomic E-state index is -0.309. The summed E-state index contributed by atoms with van der Waals surface area (Å²) < 4.78 is 5.99. The van der Waals surface area contributed by atoms with Crippen LogP contribution in [0.1, 0.15) is 45.4 Å². The topological polar surface area (TPSA) is 37.4 Å². The zero-order valence-corrected chi connectivity index (χ0v) is 15.4. The predicted molar refractivity (Wildman–Crippen MR) is 100 cm³/mol. The van der Waals surface area contributed by atoms with Crippen molar-refractivity contribution >= 4 is 16.6 Å². The normalized spacial score (nSPS) is 15.9. The number of nitrogens with one attached hydrogen (secondary N) is 1. The number of rotatable bonds is 7. The van der Waals surface area contributed by atoms with Crippen LogP contribution in [-0.4, -0.2) is 36.1 Å². The van der Waals surface area contributed by atoms with Gasteiger partial charge in [-0.15, -0.1) is 0 Å². The van der Waals surface area contributed by atoms with Crippen molar-refractivity contribution in [2.75, 3.05) is 31.5 Å². The van der Waals surface area contributed by atoms with Gasteiger partial charge < -0.3 is 15.0 Å². The van der Waals surface area contributed by atoms with E-state index in [9.17, 15) is 0 Å². The Morgan fingerprint density at radius 3 is 2.71 bits per heavy atom. The molecule has 130 valence electrons. The number of ether oxygens (including phenoxy) is 1. The lowest BCUT2D eigenvalue weighted by molar-refractivity contribution is -0.00989. The van der Waals surface area contributed by atoms with Gasteiger partial charge in [0.1, 0.15) is 5.60 Å². The summed E-state index contributed by atoms with van der Waals surface area (Å²) in [5, 5.41) is 4.88. The Morgan fingerprint density at radius 1 is 1.21 bits per heavy atom. The number of hydrogen-bond acceptors (Lipinski definition) is 4. The summed E-state index contributed by atoms with van der Waals surface area (Å²) in [6.07, 6.45) is 1.14. The molecule has 4 nitrogen and oxygen atoms in total. The van der Waals surface area contributed by atoms with Crippen molar-refractivity contribution in [3.05, 3.63) is 35.5 Å². The molecule has 1 aromatic carbocycles. The van der Waals surface area contributed by atoms with Gasteiger partial charge in [-0.05, 0) is 46.0 Å². The fraction of sp³-hybridized carbons (Fsp3) is 0.550. The highest BCUT2D eigenvalue weighted by Crippen LogP contribution is 2.41. The number of nitrogens with zero attached hydrogens (tertiary/aromatic N) is 2. The molecule has 0 atom stereocenters. The first-order valence-electron chi connectivity index (χ1n) is 9.09. The summed E-state index contributed by atoms with van der Waals surface area (Å²) in [5.74, 6) is 0. The second-order valence-electron chi connectivity index (χ2n) is 6.94. The number of fused-ring (bicyclic) bond motifs is 2. The van der Waals surface area contributed by atoms with E-state index in [4.69, 9.17) is 9.72 Å². The number of hydrogen-bond donors (Lipinski definition) is 1. The molecule has 1 N–H and O–H groups in total. The first-order chi connectivity index (χ1) is 11.6. The number of para-hydroxylation sites is 1. The average Bonchev–Trinajstić information content (AvgIpc) is 2.89. The molecule has 0 saturated heterocycles. The standard InChI is InChI=1S/C20H29N3O/c1-5-23(6-2)13-9-12-21-18-15-10-7-8-11-17(15)22-19-16(18)14-24-20(19,3)4/h7-8,10-11H,5-6,9,12-14H2,1-4H3,(H,21,22). The Morgan fingerprint density at radius 2 is 1.96 bits per heavy atom. The van der Waals surface area contributed by atoms with Crippen molar-refractivity contribution in [3.8, 4) is 0 Å². The van der Waals surface area contributed by atoms with Crippen LogP contribution < -0.4 is 5.32 Å². The maximum atomic E-state index is 5.99. The molecule has 1 aromatic heterocycles. The third-order valence-electron chi connectivity index (χ3n) is 4.99. The van der Waals surface area contributed by atoms with Crippen LogP contribution >= 0.6 is 0 Å². The fourth-order valence-electron chi connectivity index (χ4n) is 3.47. The van der Waals surface area contributed by atoms with Gasteiger partial charge in [-0.3, -0.25) is 0 Å². The van der Waals surface area contributed by atoms with Gasteiger partial charge >= 0.3 is 0 Å². The van der Waals surface area contributed by atoms with E-state index in [0.717, 1.165) is 43.8 Å².